The van der Waals surface area contributed by atoms with Crippen LogP contribution in [0, 0.1) is 0 Å². The van der Waals surface area contributed by atoms with E-state index in [-0.39, 0.29) is 0 Å². The molecular formula is C3H4O5Sn. The van der Waals surface area contributed by atoms with Gasteiger partial charge in [0.1, 0.15) is 0 Å². The number of hydrogen-bond donors (Lipinski definition) is 1. The minimum absolute atomic E-state index is 0.825. The number of hydrogen-bond acceptors (Lipinski definition) is 4. The molecule has 50 valence electrons. The van der Waals surface area contributed by atoms with Crippen molar-refractivity contribution in [2.24, 2.45) is 0 Å². The molecule has 9 heavy (non-hydrogen) atoms. The SMILES string of the molecule is C=CC(=O)O[O][Sn](=[O])[OH]. The van der Waals surface area contributed by atoms with Crippen molar-refractivity contribution in [1.82, 2.24) is 0 Å². The summed E-state index contributed by atoms with van der Waals surface area (Å²) < 4.78 is 21.4. The molecule has 0 bridgehead atoms. The van der Waals surface area contributed by atoms with E-state index in [4.69, 9.17) is 3.44 Å². The third-order valence-corrected chi connectivity index (χ3v) is 1.01. The van der Waals surface area contributed by atoms with Crippen LogP contribution in [-0.4, -0.2) is 30.0 Å². The quantitative estimate of drug-likeness (QED) is 0.297. The van der Waals surface area contributed by atoms with Crippen LogP contribution in [0.3, 0.4) is 0 Å². The minimum atomic E-state index is -3.95. The zero-order valence-corrected chi connectivity index (χ0v) is 7.22. The van der Waals surface area contributed by atoms with Gasteiger partial charge in [-0.2, -0.15) is 0 Å². The van der Waals surface area contributed by atoms with Gasteiger partial charge in [-0.3, -0.25) is 0 Å². The molecule has 0 aromatic heterocycles. The maximum absolute atomic E-state index is 10.0. The van der Waals surface area contributed by atoms with Gasteiger partial charge in [0.2, 0.25) is 0 Å². The summed E-state index contributed by atoms with van der Waals surface area (Å²) in [5.74, 6) is -0.877. The van der Waals surface area contributed by atoms with E-state index in [0.717, 1.165) is 6.08 Å². The molecule has 0 saturated carbocycles. The van der Waals surface area contributed by atoms with Crippen molar-refractivity contribution in [1.29, 1.82) is 0 Å². The molecule has 6 heteroatoms. The second-order valence-electron chi connectivity index (χ2n) is 0.956. The summed E-state index contributed by atoms with van der Waals surface area (Å²) in [5, 5.41) is 0. The maximum atomic E-state index is 10.0. The van der Waals surface area contributed by atoms with Gasteiger partial charge in [-0.1, -0.05) is 0 Å². The van der Waals surface area contributed by atoms with E-state index in [0.29, 0.717) is 0 Å². The number of carbonyl (C=O) groups excluding carboxylic acids is 1. The molecule has 0 radical (unpaired) electrons. The summed E-state index contributed by atoms with van der Waals surface area (Å²) in [5.41, 5.74) is 0. The van der Waals surface area contributed by atoms with Crippen molar-refractivity contribution in [3.05, 3.63) is 12.7 Å². The molecular weight excluding hydrogens is 235 g/mol. The van der Waals surface area contributed by atoms with Crippen molar-refractivity contribution in [3.63, 3.8) is 0 Å². The summed E-state index contributed by atoms with van der Waals surface area (Å²) in [4.78, 5) is 13.8. The molecule has 0 aromatic rings. The number of carbonyl (C=O) groups is 1. The fourth-order valence-corrected chi connectivity index (χ4v) is 0.549. The monoisotopic (exact) mass is 240 g/mol. The van der Waals surface area contributed by atoms with E-state index in [9.17, 15) is 7.87 Å². The Morgan fingerprint density at radius 3 is 2.67 bits per heavy atom. The van der Waals surface area contributed by atoms with E-state index >= 15 is 0 Å². The molecule has 0 atom stereocenters. The van der Waals surface area contributed by atoms with Crippen molar-refractivity contribution in [3.8, 4) is 0 Å². The second-order valence-corrected chi connectivity index (χ2v) is 2.95. The van der Waals surface area contributed by atoms with E-state index < -0.39 is 26.5 Å². The average molecular weight is 239 g/mol. The Bertz CT molecular complexity index is 141. The fourth-order valence-electron chi connectivity index (χ4n) is 0.111. The van der Waals surface area contributed by atoms with Gasteiger partial charge < -0.3 is 0 Å². The van der Waals surface area contributed by atoms with Crippen LogP contribution in [0.2, 0.25) is 0 Å². The molecule has 0 fully saturated rings. The van der Waals surface area contributed by atoms with E-state index in [1.807, 2.05) is 0 Å². The van der Waals surface area contributed by atoms with Crippen molar-refractivity contribution in [2.75, 3.05) is 0 Å². The van der Waals surface area contributed by atoms with E-state index in [1.54, 1.807) is 0 Å². The topological polar surface area (TPSA) is 72.8 Å². The van der Waals surface area contributed by atoms with Crippen LogP contribution in [-0.2, 0) is 16.0 Å². The summed E-state index contributed by atoms with van der Waals surface area (Å²) in [6.07, 6.45) is 0.825. The molecule has 0 aliphatic carbocycles. The summed E-state index contributed by atoms with van der Waals surface area (Å²) in [6, 6.07) is 0. The zero-order chi connectivity index (χ0) is 7.28. The van der Waals surface area contributed by atoms with Crippen LogP contribution in [0.5, 0.6) is 0 Å². The van der Waals surface area contributed by atoms with Crippen molar-refractivity contribution in [2.45, 2.75) is 0 Å². The zero-order valence-electron chi connectivity index (χ0n) is 4.36. The number of rotatable bonds is 3. The van der Waals surface area contributed by atoms with Gasteiger partial charge in [0.15, 0.2) is 0 Å². The molecule has 0 amide bonds. The Balaban J connectivity index is 3.39. The first-order valence-corrected chi connectivity index (χ1v) is 5.51. The van der Waals surface area contributed by atoms with Crippen molar-refractivity contribution < 1.29 is 19.4 Å². The molecule has 0 spiro atoms. The molecule has 0 saturated heterocycles. The molecule has 0 aromatic carbocycles. The molecule has 0 heterocycles. The molecule has 5 nitrogen and oxygen atoms in total. The first-order chi connectivity index (χ1) is 4.16. The van der Waals surface area contributed by atoms with Gasteiger partial charge in [0, 0.05) is 0 Å². The second kappa shape index (κ2) is 4.59. The average Bonchev–Trinajstić information content (AvgIpc) is 1.83. The van der Waals surface area contributed by atoms with Crippen LogP contribution in [0.1, 0.15) is 0 Å². The van der Waals surface area contributed by atoms with Gasteiger partial charge in [-0.25, -0.2) is 0 Å². The van der Waals surface area contributed by atoms with Crippen LogP contribution in [0.15, 0.2) is 12.7 Å². The Kier molecular flexibility index (Phi) is 4.45. The molecule has 1 N–H and O–H groups in total. The summed E-state index contributed by atoms with van der Waals surface area (Å²) in [6.45, 7) is 3.02. The van der Waals surface area contributed by atoms with Gasteiger partial charge in [-0.15, -0.1) is 0 Å². The Morgan fingerprint density at radius 2 is 2.33 bits per heavy atom. The summed E-state index contributed by atoms with van der Waals surface area (Å²) in [7, 11) is 0. The first-order valence-electron chi connectivity index (χ1n) is 1.90. The normalized spacial score (nSPS) is 8.11. The molecule has 0 aliphatic heterocycles. The summed E-state index contributed by atoms with van der Waals surface area (Å²) >= 11 is -3.95. The van der Waals surface area contributed by atoms with Gasteiger partial charge >= 0.3 is 58.6 Å². The molecule has 0 rings (SSSR count). The van der Waals surface area contributed by atoms with Crippen LogP contribution in [0.25, 0.3) is 0 Å². The standard InChI is InChI=1S/C3H4O3.H2O.O.Sn/c1-2-3(4)6-5;;;/h2,5H,1H2;1H2;;/q;;;+2/p-2. The fraction of sp³-hybridized carbons (Fsp3) is 0. The van der Waals surface area contributed by atoms with Gasteiger partial charge in [-0.05, 0) is 0 Å². The Hall–Kier alpha value is -0.271. The van der Waals surface area contributed by atoms with Crippen molar-refractivity contribution >= 4 is 26.5 Å². The van der Waals surface area contributed by atoms with Crippen LogP contribution < -0.4 is 0 Å². The third kappa shape index (κ3) is 5.60. The van der Waals surface area contributed by atoms with Crippen LogP contribution >= 0.6 is 0 Å². The third-order valence-electron chi connectivity index (χ3n) is 0.362. The predicted molar refractivity (Wildman–Crippen MR) is 26.0 cm³/mol. The van der Waals surface area contributed by atoms with E-state index in [1.165, 1.54) is 0 Å². The predicted octanol–water partition coefficient (Wildman–Crippen LogP) is -0.945. The Morgan fingerprint density at radius 1 is 1.78 bits per heavy atom. The molecule has 0 unspecified atom stereocenters. The Labute approximate surface area is 59.0 Å². The van der Waals surface area contributed by atoms with E-state index in [2.05, 4.69) is 14.7 Å². The van der Waals surface area contributed by atoms with Crippen LogP contribution in [0.4, 0.5) is 0 Å². The first kappa shape index (κ1) is 8.73. The molecule has 0 aliphatic rings. The van der Waals surface area contributed by atoms with Gasteiger partial charge in [0.25, 0.3) is 0 Å². The van der Waals surface area contributed by atoms with Gasteiger partial charge in [0.05, 0.1) is 0 Å².